The van der Waals surface area contributed by atoms with E-state index in [0.29, 0.717) is 49.1 Å². The first kappa shape index (κ1) is 27.4. The van der Waals surface area contributed by atoms with Gasteiger partial charge in [-0.3, -0.25) is 4.90 Å². The fourth-order valence-electron chi connectivity index (χ4n) is 9.73. The van der Waals surface area contributed by atoms with Crippen LogP contribution in [0.5, 0.6) is 11.8 Å². The molecule has 9 rings (SSSR count). The maximum atomic E-state index is 16.0. The number of anilines is 2. The smallest absolute Gasteiger partial charge is 0.318 e. The highest BCUT2D eigenvalue weighted by Crippen LogP contribution is 2.55. The molecule has 4 saturated heterocycles. The first-order valence-corrected chi connectivity index (χ1v) is 16.9. The Balaban J connectivity index is 1.07. The van der Waals surface area contributed by atoms with Crippen molar-refractivity contribution in [3.63, 3.8) is 0 Å². The van der Waals surface area contributed by atoms with Crippen molar-refractivity contribution in [1.82, 2.24) is 20.2 Å². The average Bonchev–Trinajstić information content (AvgIpc) is 3.73. The van der Waals surface area contributed by atoms with Crippen LogP contribution in [0.1, 0.15) is 62.6 Å². The zero-order valence-electron chi connectivity index (χ0n) is 25.1. The monoisotopic (exact) mass is 618 g/mol. The predicted molar refractivity (Wildman–Crippen MR) is 170 cm³/mol. The lowest BCUT2D eigenvalue weighted by molar-refractivity contribution is 0.0808. The van der Waals surface area contributed by atoms with E-state index in [0.717, 1.165) is 86.3 Å². The number of phenolic OH excluding ortho intramolecular Hbond substituents is 1. The Bertz CT molecular complexity index is 1630. The molecule has 1 aromatic heterocycles. The van der Waals surface area contributed by atoms with Gasteiger partial charge in [0.2, 0.25) is 0 Å². The van der Waals surface area contributed by atoms with Crippen LogP contribution in [0.4, 0.5) is 15.9 Å². The van der Waals surface area contributed by atoms with Gasteiger partial charge in [0, 0.05) is 61.2 Å². The van der Waals surface area contributed by atoms with Gasteiger partial charge >= 0.3 is 6.01 Å². The van der Waals surface area contributed by atoms with Gasteiger partial charge < -0.3 is 25.0 Å². The van der Waals surface area contributed by atoms with E-state index in [1.54, 1.807) is 6.07 Å². The minimum Gasteiger partial charge on any atom is -0.508 e. The zero-order chi connectivity index (χ0) is 29.6. The Morgan fingerprint density at radius 2 is 1.91 bits per heavy atom. The molecule has 6 aliphatic rings. The van der Waals surface area contributed by atoms with Gasteiger partial charge in [-0.15, -0.1) is 0 Å². The third kappa shape index (κ3) is 4.29. The number of benzene rings is 2. The van der Waals surface area contributed by atoms with Crippen LogP contribution in [0.2, 0.25) is 5.02 Å². The molecule has 1 saturated carbocycles. The Morgan fingerprint density at radius 3 is 2.77 bits per heavy atom. The lowest BCUT2D eigenvalue weighted by atomic mass is 9.88. The SMILES string of the molecule is Oc1cc(N2CCc3c(nc(OC[C@@]45CCCN4[C@H]4CCC[C@@]4(F)C5)nc3N3CC4CCC(C3)N4)C2)c2c(Cl)cccc2c1. The van der Waals surface area contributed by atoms with Crippen LogP contribution in [-0.4, -0.2) is 82.1 Å². The summed E-state index contributed by atoms with van der Waals surface area (Å²) in [4.78, 5) is 17.3. The van der Waals surface area contributed by atoms with Gasteiger partial charge in [0.05, 0.1) is 28.5 Å². The molecule has 8 nitrogen and oxygen atoms in total. The molecule has 0 spiro atoms. The largest absolute Gasteiger partial charge is 0.508 e. The summed E-state index contributed by atoms with van der Waals surface area (Å²) >= 11 is 6.71. The van der Waals surface area contributed by atoms with Crippen LogP contribution >= 0.6 is 11.6 Å². The number of fused-ring (bicyclic) bond motifs is 7. The van der Waals surface area contributed by atoms with Gasteiger partial charge in [0.25, 0.3) is 0 Å². The van der Waals surface area contributed by atoms with Crippen LogP contribution in [0.15, 0.2) is 30.3 Å². The quantitative estimate of drug-likeness (QED) is 0.395. The maximum Gasteiger partial charge on any atom is 0.318 e. The third-order valence-electron chi connectivity index (χ3n) is 11.6. The lowest BCUT2D eigenvalue weighted by Gasteiger charge is -2.38. The molecule has 0 radical (unpaired) electrons. The zero-order valence-corrected chi connectivity index (χ0v) is 25.8. The molecule has 2 aromatic carbocycles. The maximum absolute atomic E-state index is 16.0. The number of phenols is 1. The minimum absolute atomic E-state index is 0.0300. The van der Waals surface area contributed by atoms with Crippen molar-refractivity contribution in [3.8, 4) is 11.8 Å². The van der Waals surface area contributed by atoms with Gasteiger partial charge in [-0.25, -0.2) is 4.39 Å². The topological polar surface area (TPSA) is 77.0 Å². The molecule has 44 heavy (non-hydrogen) atoms. The van der Waals surface area contributed by atoms with E-state index in [9.17, 15) is 5.11 Å². The summed E-state index contributed by atoms with van der Waals surface area (Å²) in [5.41, 5.74) is 1.69. The third-order valence-corrected chi connectivity index (χ3v) is 11.9. The van der Waals surface area contributed by atoms with E-state index < -0.39 is 5.67 Å². The van der Waals surface area contributed by atoms with E-state index in [2.05, 4.69) is 20.0 Å². The molecule has 0 amide bonds. The average molecular weight is 619 g/mol. The first-order chi connectivity index (χ1) is 21.4. The highest BCUT2D eigenvalue weighted by Gasteiger charge is 2.63. The molecule has 1 aliphatic carbocycles. The number of hydrogen-bond donors (Lipinski definition) is 2. The van der Waals surface area contributed by atoms with Crippen LogP contribution in [0, 0.1) is 0 Å². The molecule has 5 atom stereocenters. The number of hydrogen-bond acceptors (Lipinski definition) is 8. The van der Waals surface area contributed by atoms with E-state index in [-0.39, 0.29) is 17.3 Å². The number of nitrogens with zero attached hydrogens (tertiary/aromatic N) is 5. The van der Waals surface area contributed by atoms with Crippen molar-refractivity contribution >= 4 is 33.9 Å². The molecular formula is C34H40ClFN6O2. The van der Waals surface area contributed by atoms with Crippen LogP contribution in [0.25, 0.3) is 10.8 Å². The van der Waals surface area contributed by atoms with Gasteiger partial charge in [0.1, 0.15) is 23.8 Å². The molecule has 232 valence electrons. The molecule has 5 fully saturated rings. The first-order valence-electron chi connectivity index (χ1n) is 16.5. The van der Waals surface area contributed by atoms with E-state index in [1.807, 2.05) is 24.3 Å². The van der Waals surface area contributed by atoms with Crippen molar-refractivity contribution in [2.75, 3.05) is 42.6 Å². The summed E-state index contributed by atoms with van der Waals surface area (Å²) in [5, 5.41) is 16.9. The van der Waals surface area contributed by atoms with Crippen LogP contribution in [0.3, 0.4) is 0 Å². The molecule has 10 heteroatoms. The second-order valence-electron chi connectivity index (χ2n) is 14.2. The standard InChI is InChI=1S/C34H40ClFN6O2/c35-26-5-1-4-21-14-24(43)15-28(30(21)26)40-13-9-25-27(18-40)38-32(39-31(25)41-16-22-7-8-23(17-41)37-22)44-20-33-10-3-12-42(33)29-6-2-11-34(29,36)19-33/h1,4-5,14-15,22-23,29,37,43H,2-3,6-13,16-20H2/t22?,23?,29-,33-,34+/m0/s1. The predicted octanol–water partition coefficient (Wildman–Crippen LogP) is 5.37. The summed E-state index contributed by atoms with van der Waals surface area (Å²) in [6, 6.07) is 10.8. The Hall–Kier alpha value is -2.88. The molecule has 6 heterocycles. The van der Waals surface area contributed by atoms with Crippen LogP contribution in [-0.2, 0) is 13.0 Å². The normalized spacial score (nSPS) is 32.7. The van der Waals surface area contributed by atoms with E-state index >= 15 is 4.39 Å². The number of piperazine rings is 1. The molecule has 2 bridgehead atoms. The van der Waals surface area contributed by atoms with Crippen molar-refractivity contribution in [1.29, 1.82) is 0 Å². The number of aromatic nitrogens is 2. The highest BCUT2D eigenvalue weighted by atomic mass is 35.5. The summed E-state index contributed by atoms with van der Waals surface area (Å²) in [6.07, 6.45) is 8.39. The van der Waals surface area contributed by atoms with Gasteiger partial charge in [-0.05, 0) is 75.4 Å². The molecule has 5 aliphatic heterocycles. The number of nitrogens with one attached hydrogen (secondary N) is 1. The van der Waals surface area contributed by atoms with Crippen molar-refractivity contribution in [3.05, 3.63) is 46.6 Å². The Morgan fingerprint density at radius 1 is 1.05 bits per heavy atom. The summed E-state index contributed by atoms with van der Waals surface area (Å²) < 4.78 is 22.6. The number of alkyl halides is 1. The van der Waals surface area contributed by atoms with Crippen molar-refractivity contribution < 1.29 is 14.2 Å². The van der Waals surface area contributed by atoms with Crippen molar-refractivity contribution in [2.24, 2.45) is 0 Å². The summed E-state index contributed by atoms with van der Waals surface area (Å²) in [5.74, 6) is 1.21. The Kier molecular flexibility index (Phi) is 6.27. The number of halogens is 2. The molecule has 2 N–H and O–H groups in total. The Labute approximate surface area is 262 Å². The summed E-state index contributed by atoms with van der Waals surface area (Å²) in [7, 11) is 0. The van der Waals surface area contributed by atoms with Gasteiger partial charge in [-0.2, -0.15) is 9.97 Å². The van der Waals surface area contributed by atoms with E-state index in [1.165, 1.54) is 18.4 Å². The molecule has 2 unspecified atom stereocenters. The fraction of sp³-hybridized carbons (Fsp3) is 0.588. The number of rotatable bonds is 5. The molecule has 3 aromatic rings. The van der Waals surface area contributed by atoms with Gasteiger partial charge in [0.15, 0.2) is 0 Å². The second-order valence-corrected chi connectivity index (χ2v) is 14.6. The van der Waals surface area contributed by atoms with Crippen LogP contribution < -0.4 is 19.9 Å². The van der Waals surface area contributed by atoms with Gasteiger partial charge in [-0.1, -0.05) is 23.7 Å². The molecular weight excluding hydrogens is 579 g/mol. The summed E-state index contributed by atoms with van der Waals surface area (Å²) in [6.45, 7) is 4.58. The fourth-order valence-corrected chi connectivity index (χ4v) is 10.0. The highest BCUT2D eigenvalue weighted by molar-refractivity contribution is 6.36. The minimum atomic E-state index is -1.09. The van der Waals surface area contributed by atoms with E-state index in [4.69, 9.17) is 26.3 Å². The number of aromatic hydroxyl groups is 1. The second kappa shape index (κ2) is 10.1. The number of ether oxygens (including phenoxy) is 1. The lowest BCUT2D eigenvalue weighted by Crippen LogP contribution is -2.52. The van der Waals surface area contributed by atoms with Crippen molar-refractivity contribution in [2.45, 2.75) is 93.7 Å².